The van der Waals surface area contributed by atoms with Crippen LogP contribution in [0.3, 0.4) is 0 Å². The first-order chi connectivity index (χ1) is 11.9. The zero-order valence-electron chi connectivity index (χ0n) is 12.9. The maximum atomic E-state index is 13.6. The zero-order chi connectivity index (χ0) is 18.0. The van der Waals surface area contributed by atoms with Crippen molar-refractivity contribution in [2.45, 2.75) is 24.7 Å². The van der Waals surface area contributed by atoms with Crippen molar-refractivity contribution in [2.75, 3.05) is 6.61 Å². The summed E-state index contributed by atoms with van der Waals surface area (Å²) in [5.74, 6) is -3.85. The first-order valence-electron chi connectivity index (χ1n) is 7.41. The number of halogens is 2. The predicted octanol–water partition coefficient (Wildman–Crippen LogP) is 2.53. The normalized spacial score (nSPS) is 17.6. The van der Waals surface area contributed by atoms with Crippen LogP contribution in [0.25, 0.3) is 0 Å². The van der Waals surface area contributed by atoms with Crippen LogP contribution in [-0.4, -0.2) is 25.9 Å². The van der Waals surface area contributed by atoms with Crippen molar-refractivity contribution in [1.82, 2.24) is 9.71 Å². The molecule has 0 aliphatic carbocycles. The Hall–Kier alpha value is -1.91. The molecule has 134 valence electrons. The average molecular weight is 388 g/mol. The van der Waals surface area contributed by atoms with Crippen LogP contribution >= 0.6 is 11.3 Å². The Bertz CT molecular complexity index is 872. The minimum Gasteiger partial charge on any atom is -0.371 e. The molecule has 1 N–H and O–H groups in total. The second-order valence-corrected chi connectivity index (χ2v) is 8.24. The highest BCUT2D eigenvalue weighted by molar-refractivity contribution is 7.89. The molecule has 1 aromatic carbocycles. The Morgan fingerprint density at radius 3 is 2.72 bits per heavy atom. The first kappa shape index (κ1) is 17.9. The molecule has 6 nitrogen and oxygen atoms in total. The number of sulfonamides is 1. The highest BCUT2D eigenvalue weighted by Gasteiger charge is 2.25. The number of amides is 1. The monoisotopic (exact) mass is 388 g/mol. The van der Waals surface area contributed by atoms with E-state index in [9.17, 15) is 22.0 Å². The van der Waals surface area contributed by atoms with E-state index in [1.165, 1.54) is 6.20 Å². The number of hydrogen-bond acceptors (Lipinski definition) is 6. The van der Waals surface area contributed by atoms with E-state index in [0.29, 0.717) is 11.6 Å². The van der Waals surface area contributed by atoms with Gasteiger partial charge >= 0.3 is 0 Å². The van der Waals surface area contributed by atoms with Crippen LogP contribution in [0.15, 0.2) is 24.4 Å². The van der Waals surface area contributed by atoms with Crippen LogP contribution in [0.5, 0.6) is 0 Å². The summed E-state index contributed by atoms with van der Waals surface area (Å²) in [5, 5.41) is 0.597. The maximum Gasteiger partial charge on any atom is 0.276 e. The van der Waals surface area contributed by atoms with E-state index < -0.39 is 38.9 Å². The van der Waals surface area contributed by atoms with Crippen LogP contribution in [0.4, 0.5) is 8.78 Å². The largest absolute Gasteiger partial charge is 0.371 e. The first-order valence-corrected chi connectivity index (χ1v) is 9.87. The number of carbonyl (C=O) groups excluding carboxylic acids is 1. The van der Waals surface area contributed by atoms with Gasteiger partial charge in [0.05, 0.1) is 6.20 Å². The smallest absolute Gasteiger partial charge is 0.276 e. The van der Waals surface area contributed by atoms with Crippen molar-refractivity contribution in [3.63, 3.8) is 0 Å². The lowest BCUT2D eigenvalue weighted by atomic mass is 10.2. The van der Waals surface area contributed by atoms with Gasteiger partial charge in [-0.15, -0.1) is 11.3 Å². The number of hydrogen-bond donors (Lipinski definition) is 1. The summed E-state index contributed by atoms with van der Waals surface area (Å²) in [6, 6.07) is 3.03. The fourth-order valence-corrected chi connectivity index (χ4v) is 4.48. The number of ether oxygens (including phenoxy) is 1. The molecule has 1 fully saturated rings. The van der Waals surface area contributed by atoms with Crippen LogP contribution in [-0.2, 0) is 20.5 Å². The second-order valence-electron chi connectivity index (χ2n) is 5.45. The Morgan fingerprint density at radius 2 is 2.08 bits per heavy atom. The number of benzene rings is 1. The van der Waals surface area contributed by atoms with Gasteiger partial charge < -0.3 is 4.74 Å². The molecule has 3 rings (SSSR count). The maximum absolute atomic E-state index is 13.6. The number of thiazole rings is 1. The lowest BCUT2D eigenvalue weighted by Gasteiger charge is -2.07. The van der Waals surface area contributed by atoms with Gasteiger partial charge in [-0.3, -0.25) is 4.79 Å². The number of carbonyl (C=O) groups is 1. The fourth-order valence-electron chi connectivity index (χ4n) is 2.40. The van der Waals surface area contributed by atoms with E-state index in [0.717, 1.165) is 42.4 Å². The van der Waals surface area contributed by atoms with Gasteiger partial charge in [-0.25, -0.2) is 26.9 Å². The summed E-state index contributed by atoms with van der Waals surface area (Å²) in [5.41, 5.74) is -0.618. The quantitative estimate of drug-likeness (QED) is 0.851. The van der Waals surface area contributed by atoms with Crippen LogP contribution in [0.1, 0.15) is 39.2 Å². The van der Waals surface area contributed by atoms with Gasteiger partial charge in [-0.05, 0) is 25.0 Å². The summed E-state index contributed by atoms with van der Waals surface area (Å²) in [6.45, 7) is 0.619. The van der Waals surface area contributed by atoms with E-state index in [1.807, 2.05) is 4.72 Å². The molecular weight excluding hydrogens is 374 g/mol. The van der Waals surface area contributed by atoms with Crippen LogP contribution < -0.4 is 4.72 Å². The molecule has 1 atom stereocenters. The van der Waals surface area contributed by atoms with Crippen molar-refractivity contribution in [2.24, 2.45) is 0 Å². The van der Waals surface area contributed by atoms with Gasteiger partial charge in [-0.2, -0.15) is 0 Å². The van der Waals surface area contributed by atoms with Crippen molar-refractivity contribution < 1.29 is 26.7 Å². The Labute approximate surface area is 146 Å². The molecule has 2 heterocycles. The molecule has 1 aliphatic rings. The third kappa shape index (κ3) is 4.20. The Balaban J connectivity index is 1.71. The summed E-state index contributed by atoms with van der Waals surface area (Å²) in [4.78, 5) is 16.3. The molecule has 1 amide bonds. The van der Waals surface area contributed by atoms with Crippen LogP contribution in [0, 0.1) is 11.6 Å². The van der Waals surface area contributed by atoms with E-state index in [4.69, 9.17) is 4.74 Å². The molecule has 2 aromatic rings. The standard InChI is InChI=1S/C15H14F2N2O4S2/c16-10-3-1-4-11(17)9(10)8-25(21,22)19-14(20)13-7-18-15(24-13)12-5-2-6-23-12/h1,3-4,7,12H,2,5-6,8H2,(H,19,20)/t12-/m1/s1. The fraction of sp³-hybridized carbons (Fsp3) is 0.333. The zero-order valence-corrected chi connectivity index (χ0v) is 14.5. The van der Waals surface area contributed by atoms with E-state index in [-0.39, 0.29) is 11.0 Å². The number of nitrogens with zero attached hydrogens (tertiary/aromatic N) is 1. The van der Waals surface area contributed by atoms with Gasteiger partial charge in [0.1, 0.15) is 33.4 Å². The van der Waals surface area contributed by atoms with Crippen molar-refractivity contribution in [1.29, 1.82) is 0 Å². The molecule has 1 saturated heterocycles. The number of nitrogens with one attached hydrogen (secondary N) is 1. The van der Waals surface area contributed by atoms with E-state index in [1.54, 1.807) is 0 Å². The predicted molar refractivity (Wildman–Crippen MR) is 86.5 cm³/mol. The highest BCUT2D eigenvalue weighted by atomic mass is 32.2. The van der Waals surface area contributed by atoms with Crippen molar-refractivity contribution in [3.05, 3.63) is 51.5 Å². The molecule has 0 radical (unpaired) electrons. The van der Waals surface area contributed by atoms with Gasteiger partial charge in [0.2, 0.25) is 10.0 Å². The Morgan fingerprint density at radius 1 is 1.36 bits per heavy atom. The van der Waals surface area contributed by atoms with Gasteiger partial charge in [0, 0.05) is 12.2 Å². The van der Waals surface area contributed by atoms with Gasteiger partial charge in [-0.1, -0.05) is 6.07 Å². The van der Waals surface area contributed by atoms with E-state index in [2.05, 4.69) is 4.98 Å². The average Bonchev–Trinajstić information content (AvgIpc) is 3.21. The van der Waals surface area contributed by atoms with Crippen molar-refractivity contribution in [3.8, 4) is 0 Å². The van der Waals surface area contributed by atoms with E-state index >= 15 is 0 Å². The molecule has 10 heteroatoms. The second kappa shape index (κ2) is 7.14. The molecule has 0 bridgehead atoms. The third-order valence-corrected chi connectivity index (χ3v) is 5.85. The molecule has 25 heavy (non-hydrogen) atoms. The molecular formula is C15H14F2N2O4S2. The van der Waals surface area contributed by atoms with Crippen molar-refractivity contribution >= 4 is 27.3 Å². The summed E-state index contributed by atoms with van der Waals surface area (Å²) < 4.78 is 58.5. The summed E-state index contributed by atoms with van der Waals surface area (Å²) in [7, 11) is -4.27. The molecule has 0 saturated carbocycles. The molecule has 1 aliphatic heterocycles. The lowest BCUT2D eigenvalue weighted by molar-refractivity contribution is 0.0985. The summed E-state index contributed by atoms with van der Waals surface area (Å²) in [6.07, 6.45) is 2.76. The number of rotatable bonds is 5. The SMILES string of the molecule is O=C(NS(=O)(=O)Cc1c(F)cccc1F)c1cnc([C@H]2CCCO2)s1. The van der Waals surface area contributed by atoms with Gasteiger partial charge in [0.15, 0.2) is 0 Å². The molecule has 0 unspecified atom stereocenters. The molecule has 1 aromatic heterocycles. The third-order valence-electron chi connectivity index (χ3n) is 3.60. The van der Waals surface area contributed by atoms with Gasteiger partial charge in [0.25, 0.3) is 5.91 Å². The minimum atomic E-state index is -4.27. The highest BCUT2D eigenvalue weighted by Crippen LogP contribution is 2.31. The number of aromatic nitrogens is 1. The minimum absolute atomic E-state index is 0.0862. The Kier molecular flexibility index (Phi) is 5.11. The van der Waals surface area contributed by atoms with Crippen LogP contribution in [0.2, 0.25) is 0 Å². The lowest BCUT2D eigenvalue weighted by Crippen LogP contribution is -2.31. The topological polar surface area (TPSA) is 85.4 Å². The molecule has 0 spiro atoms. The summed E-state index contributed by atoms with van der Waals surface area (Å²) >= 11 is 1.03.